The van der Waals surface area contributed by atoms with Crippen molar-refractivity contribution in [3.05, 3.63) is 18.3 Å². The van der Waals surface area contributed by atoms with Crippen LogP contribution < -0.4 is 10.6 Å². The van der Waals surface area contributed by atoms with Crippen molar-refractivity contribution in [2.24, 2.45) is 0 Å². The number of piperidine rings is 1. The Bertz CT molecular complexity index is 379. The van der Waals surface area contributed by atoms with Gasteiger partial charge in [0.25, 0.3) is 0 Å². The first-order chi connectivity index (χ1) is 7.25. The van der Waals surface area contributed by atoms with E-state index in [-0.39, 0.29) is 11.8 Å². The summed E-state index contributed by atoms with van der Waals surface area (Å²) in [6.45, 7) is 0. The van der Waals surface area contributed by atoms with Crippen LogP contribution in [0.5, 0.6) is 0 Å². The molecule has 2 amide bonds. The maximum Gasteiger partial charge on any atom is 0.249 e. The molecule has 0 aromatic carbocycles. The Kier molecular flexibility index (Phi) is 2.57. The first-order valence-corrected chi connectivity index (χ1v) is 4.63. The van der Waals surface area contributed by atoms with Gasteiger partial charge in [-0.1, -0.05) is 0 Å². The summed E-state index contributed by atoms with van der Waals surface area (Å²) in [6, 6.07) is 3.04. The summed E-state index contributed by atoms with van der Waals surface area (Å²) in [6.07, 6.45) is 2.39. The van der Waals surface area contributed by atoms with E-state index in [1.54, 1.807) is 18.3 Å². The van der Waals surface area contributed by atoms with Crippen LogP contribution in [-0.4, -0.2) is 28.1 Å². The number of hydrogen-bond donors (Lipinski definition) is 2. The third-order valence-electron chi connectivity index (χ3n) is 2.13. The van der Waals surface area contributed by atoms with Crippen LogP contribution >= 0.6 is 0 Å². The standard InChI is InChI=1S/C9H10N4O2/c14-8-4-3-6(9(15)12-8)11-7-2-1-5-10-13-7/h1-2,5-6H,3-4H2,(H,11,13)(H,12,14,15). The Morgan fingerprint density at radius 1 is 1.47 bits per heavy atom. The summed E-state index contributed by atoms with van der Waals surface area (Å²) < 4.78 is 0. The van der Waals surface area contributed by atoms with Crippen LogP contribution in [0.25, 0.3) is 0 Å². The number of anilines is 1. The van der Waals surface area contributed by atoms with Crippen LogP contribution in [-0.2, 0) is 9.59 Å². The molecule has 2 heterocycles. The molecule has 0 radical (unpaired) electrons. The van der Waals surface area contributed by atoms with Crippen LogP contribution in [0, 0.1) is 0 Å². The van der Waals surface area contributed by atoms with Gasteiger partial charge in [0.2, 0.25) is 11.8 Å². The van der Waals surface area contributed by atoms with Crippen molar-refractivity contribution in [3.8, 4) is 0 Å². The molecule has 1 aromatic heterocycles. The number of carbonyl (C=O) groups is 2. The second kappa shape index (κ2) is 4.04. The van der Waals surface area contributed by atoms with Crippen molar-refractivity contribution in [3.63, 3.8) is 0 Å². The molecule has 6 heteroatoms. The minimum Gasteiger partial charge on any atom is -0.357 e. The van der Waals surface area contributed by atoms with Gasteiger partial charge in [0.15, 0.2) is 0 Å². The van der Waals surface area contributed by atoms with Gasteiger partial charge in [-0.2, -0.15) is 5.10 Å². The van der Waals surface area contributed by atoms with E-state index in [9.17, 15) is 9.59 Å². The largest absolute Gasteiger partial charge is 0.357 e. The number of nitrogens with one attached hydrogen (secondary N) is 2. The highest BCUT2D eigenvalue weighted by molar-refractivity contribution is 6.01. The van der Waals surface area contributed by atoms with Gasteiger partial charge >= 0.3 is 0 Å². The molecule has 15 heavy (non-hydrogen) atoms. The molecule has 0 bridgehead atoms. The van der Waals surface area contributed by atoms with Crippen LogP contribution in [0.1, 0.15) is 12.8 Å². The van der Waals surface area contributed by atoms with Gasteiger partial charge in [-0.25, -0.2) is 0 Å². The van der Waals surface area contributed by atoms with Crippen LogP contribution in [0.2, 0.25) is 0 Å². The summed E-state index contributed by atoms with van der Waals surface area (Å²) in [7, 11) is 0. The molecule has 1 aliphatic heterocycles. The van der Waals surface area contributed by atoms with Crippen LogP contribution in [0.3, 0.4) is 0 Å². The van der Waals surface area contributed by atoms with Gasteiger partial charge in [0.1, 0.15) is 11.9 Å². The van der Waals surface area contributed by atoms with Gasteiger partial charge in [-0.05, 0) is 18.6 Å². The Morgan fingerprint density at radius 3 is 3.00 bits per heavy atom. The molecule has 0 spiro atoms. The SMILES string of the molecule is O=C1CCC(Nc2cccnn2)C(=O)N1. The van der Waals surface area contributed by atoms with E-state index < -0.39 is 6.04 Å². The van der Waals surface area contributed by atoms with E-state index in [1.165, 1.54) is 0 Å². The van der Waals surface area contributed by atoms with Crippen molar-refractivity contribution in [2.75, 3.05) is 5.32 Å². The van der Waals surface area contributed by atoms with Crippen LogP contribution in [0.15, 0.2) is 18.3 Å². The lowest BCUT2D eigenvalue weighted by atomic mass is 10.1. The Labute approximate surface area is 86.1 Å². The van der Waals surface area contributed by atoms with Crippen molar-refractivity contribution in [1.82, 2.24) is 15.5 Å². The van der Waals surface area contributed by atoms with Gasteiger partial charge in [0.05, 0.1) is 0 Å². The second-order valence-electron chi connectivity index (χ2n) is 3.26. The fourth-order valence-corrected chi connectivity index (χ4v) is 1.39. The Morgan fingerprint density at radius 2 is 2.33 bits per heavy atom. The highest BCUT2D eigenvalue weighted by Gasteiger charge is 2.26. The number of amides is 2. The molecule has 2 N–H and O–H groups in total. The molecule has 0 aliphatic carbocycles. The predicted molar refractivity (Wildman–Crippen MR) is 51.8 cm³/mol. The van der Waals surface area contributed by atoms with Gasteiger partial charge < -0.3 is 5.32 Å². The molecule has 1 unspecified atom stereocenters. The van der Waals surface area contributed by atoms with E-state index in [0.29, 0.717) is 18.7 Å². The van der Waals surface area contributed by atoms with Crippen molar-refractivity contribution < 1.29 is 9.59 Å². The van der Waals surface area contributed by atoms with E-state index in [0.717, 1.165) is 0 Å². The number of aromatic nitrogens is 2. The van der Waals surface area contributed by atoms with Crippen molar-refractivity contribution >= 4 is 17.6 Å². The maximum absolute atomic E-state index is 11.4. The van der Waals surface area contributed by atoms with E-state index in [2.05, 4.69) is 20.8 Å². The molecule has 78 valence electrons. The third kappa shape index (κ3) is 2.28. The zero-order chi connectivity index (χ0) is 10.7. The average Bonchev–Trinajstić information content (AvgIpc) is 2.24. The van der Waals surface area contributed by atoms with E-state index in [4.69, 9.17) is 0 Å². The molecule has 1 atom stereocenters. The average molecular weight is 206 g/mol. The fraction of sp³-hybridized carbons (Fsp3) is 0.333. The Balaban J connectivity index is 2.01. The summed E-state index contributed by atoms with van der Waals surface area (Å²) in [4.78, 5) is 22.3. The molecular weight excluding hydrogens is 196 g/mol. The summed E-state index contributed by atoms with van der Waals surface area (Å²) >= 11 is 0. The van der Waals surface area contributed by atoms with Gasteiger partial charge in [-0.15, -0.1) is 5.10 Å². The summed E-state index contributed by atoms with van der Waals surface area (Å²) in [5, 5.41) is 12.7. The minimum absolute atomic E-state index is 0.225. The molecule has 6 nitrogen and oxygen atoms in total. The highest BCUT2D eigenvalue weighted by atomic mass is 16.2. The maximum atomic E-state index is 11.4. The summed E-state index contributed by atoms with van der Waals surface area (Å²) in [5.41, 5.74) is 0. The molecule has 1 saturated heterocycles. The molecule has 1 aromatic rings. The highest BCUT2D eigenvalue weighted by Crippen LogP contribution is 2.10. The summed E-state index contributed by atoms with van der Waals surface area (Å²) in [5.74, 6) is 0.00102. The lowest BCUT2D eigenvalue weighted by molar-refractivity contribution is -0.133. The zero-order valence-electron chi connectivity index (χ0n) is 7.93. The number of nitrogens with zero attached hydrogens (tertiary/aromatic N) is 2. The lowest BCUT2D eigenvalue weighted by Gasteiger charge is -2.21. The van der Waals surface area contributed by atoms with Gasteiger partial charge in [-0.3, -0.25) is 14.9 Å². The van der Waals surface area contributed by atoms with E-state index in [1.807, 2.05) is 0 Å². The fourth-order valence-electron chi connectivity index (χ4n) is 1.39. The molecular formula is C9H10N4O2. The number of hydrogen-bond acceptors (Lipinski definition) is 5. The molecule has 0 saturated carbocycles. The molecule has 1 fully saturated rings. The topological polar surface area (TPSA) is 84.0 Å². The van der Waals surface area contributed by atoms with Crippen molar-refractivity contribution in [2.45, 2.75) is 18.9 Å². The first kappa shape index (κ1) is 9.57. The minimum atomic E-state index is -0.403. The molecule has 1 aliphatic rings. The zero-order valence-corrected chi connectivity index (χ0v) is 7.93. The van der Waals surface area contributed by atoms with Gasteiger partial charge in [0, 0.05) is 12.6 Å². The monoisotopic (exact) mass is 206 g/mol. The number of imide groups is 1. The normalized spacial score (nSPS) is 20.9. The molecule has 2 rings (SSSR count). The Hall–Kier alpha value is -1.98. The third-order valence-corrected chi connectivity index (χ3v) is 2.13. The van der Waals surface area contributed by atoms with E-state index >= 15 is 0 Å². The van der Waals surface area contributed by atoms with Crippen LogP contribution in [0.4, 0.5) is 5.82 Å². The smallest absolute Gasteiger partial charge is 0.249 e. The number of rotatable bonds is 2. The lowest BCUT2D eigenvalue weighted by Crippen LogP contribution is -2.47. The second-order valence-corrected chi connectivity index (χ2v) is 3.26. The number of carbonyl (C=O) groups excluding carboxylic acids is 2. The quantitative estimate of drug-likeness (QED) is 0.649. The predicted octanol–water partition coefficient (Wildman–Crippen LogP) is -0.306. The first-order valence-electron chi connectivity index (χ1n) is 4.63. The van der Waals surface area contributed by atoms with Crippen molar-refractivity contribution in [1.29, 1.82) is 0 Å².